The molecule has 3 heteroatoms. The molecule has 0 aliphatic carbocycles. The van der Waals surface area contributed by atoms with Gasteiger partial charge in [-0.05, 0) is 34.2 Å². The lowest BCUT2D eigenvalue weighted by Gasteiger charge is -2.28. The van der Waals surface area contributed by atoms with E-state index in [0.29, 0.717) is 12.1 Å². The molecule has 0 atom stereocenters. The van der Waals surface area contributed by atoms with E-state index in [-0.39, 0.29) is 12.3 Å². The van der Waals surface area contributed by atoms with E-state index < -0.39 is 0 Å². The van der Waals surface area contributed by atoms with Gasteiger partial charge in [0.25, 0.3) is 0 Å². The molecule has 0 bridgehead atoms. The van der Waals surface area contributed by atoms with Gasteiger partial charge in [-0.25, -0.2) is 0 Å². The SMILES string of the molecule is CCN(C(C)C)C(C)C.N.N. The molecule has 0 amide bonds. The largest absolute Gasteiger partial charge is 0.344 e. The lowest BCUT2D eigenvalue weighted by atomic mass is 10.2. The van der Waals surface area contributed by atoms with E-state index in [1.807, 2.05) is 0 Å². The summed E-state index contributed by atoms with van der Waals surface area (Å²) in [5.41, 5.74) is 0. The lowest BCUT2D eigenvalue weighted by Crippen LogP contribution is -2.36. The van der Waals surface area contributed by atoms with Crippen LogP contribution in [-0.4, -0.2) is 23.5 Å². The predicted molar refractivity (Wildman–Crippen MR) is 52.7 cm³/mol. The van der Waals surface area contributed by atoms with Crippen molar-refractivity contribution >= 4 is 0 Å². The van der Waals surface area contributed by atoms with Gasteiger partial charge in [0.2, 0.25) is 0 Å². The summed E-state index contributed by atoms with van der Waals surface area (Å²) in [5, 5.41) is 0. The zero-order valence-corrected chi connectivity index (χ0v) is 8.72. The van der Waals surface area contributed by atoms with Gasteiger partial charge in [-0.15, -0.1) is 0 Å². The lowest BCUT2D eigenvalue weighted by molar-refractivity contribution is 0.185. The molecule has 0 radical (unpaired) electrons. The maximum atomic E-state index is 2.46. The molecule has 0 aromatic rings. The monoisotopic (exact) mass is 163 g/mol. The minimum absolute atomic E-state index is 0. The van der Waals surface area contributed by atoms with Crippen molar-refractivity contribution in [2.45, 2.75) is 46.7 Å². The van der Waals surface area contributed by atoms with Crippen molar-refractivity contribution in [1.29, 1.82) is 0 Å². The Morgan fingerprint density at radius 2 is 1.18 bits per heavy atom. The number of rotatable bonds is 3. The Morgan fingerprint density at radius 3 is 1.18 bits per heavy atom. The highest BCUT2D eigenvalue weighted by Crippen LogP contribution is 2.02. The summed E-state index contributed by atoms with van der Waals surface area (Å²) < 4.78 is 0. The van der Waals surface area contributed by atoms with Crippen molar-refractivity contribution in [3.63, 3.8) is 0 Å². The van der Waals surface area contributed by atoms with Gasteiger partial charge >= 0.3 is 0 Å². The highest BCUT2D eigenvalue weighted by atomic mass is 15.2. The van der Waals surface area contributed by atoms with Crippen molar-refractivity contribution in [2.24, 2.45) is 0 Å². The molecule has 0 aromatic carbocycles. The molecular weight excluding hydrogens is 138 g/mol. The summed E-state index contributed by atoms with van der Waals surface area (Å²) in [7, 11) is 0. The zero-order chi connectivity index (χ0) is 7.44. The smallest absolute Gasteiger partial charge is 0.00411 e. The standard InChI is InChI=1S/C8H19N.2H3N/c1-6-9(7(2)3)8(4)5;;/h7-8H,6H2,1-5H3;2*1H3. The van der Waals surface area contributed by atoms with Crippen LogP contribution in [0.3, 0.4) is 0 Å². The van der Waals surface area contributed by atoms with Crippen molar-refractivity contribution in [3.05, 3.63) is 0 Å². The van der Waals surface area contributed by atoms with Gasteiger partial charge in [-0.2, -0.15) is 0 Å². The van der Waals surface area contributed by atoms with E-state index in [0.717, 1.165) is 6.54 Å². The molecular formula is C8H25N3. The Kier molecular flexibility index (Phi) is 12.4. The number of hydrogen-bond donors (Lipinski definition) is 2. The number of hydrogen-bond acceptors (Lipinski definition) is 3. The van der Waals surface area contributed by atoms with E-state index in [9.17, 15) is 0 Å². The van der Waals surface area contributed by atoms with Crippen LogP contribution in [0.25, 0.3) is 0 Å². The predicted octanol–water partition coefficient (Wildman–Crippen LogP) is 2.45. The molecule has 0 rings (SSSR count). The second kappa shape index (κ2) is 7.98. The maximum absolute atomic E-state index is 2.46. The first-order chi connectivity index (χ1) is 4.09. The molecule has 0 saturated heterocycles. The van der Waals surface area contributed by atoms with Gasteiger partial charge in [0.1, 0.15) is 0 Å². The summed E-state index contributed by atoms with van der Waals surface area (Å²) in [6.45, 7) is 12.3. The van der Waals surface area contributed by atoms with Crippen LogP contribution >= 0.6 is 0 Å². The number of nitrogens with zero attached hydrogens (tertiary/aromatic N) is 1. The summed E-state index contributed by atoms with van der Waals surface area (Å²) in [6, 6.07) is 1.38. The third-order valence-electron chi connectivity index (χ3n) is 1.69. The minimum atomic E-state index is 0. The fourth-order valence-corrected chi connectivity index (χ4v) is 1.33. The van der Waals surface area contributed by atoms with Gasteiger partial charge < -0.3 is 12.3 Å². The van der Waals surface area contributed by atoms with E-state index >= 15 is 0 Å². The van der Waals surface area contributed by atoms with Gasteiger partial charge in [0.15, 0.2) is 0 Å². The van der Waals surface area contributed by atoms with Gasteiger partial charge in [-0.3, -0.25) is 4.90 Å². The van der Waals surface area contributed by atoms with Crippen LogP contribution in [0, 0.1) is 0 Å². The third-order valence-corrected chi connectivity index (χ3v) is 1.69. The third kappa shape index (κ3) is 6.28. The summed E-state index contributed by atoms with van der Waals surface area (Å²) >= 11 is 0. The molecule has 72 valence electrons. The van der Waals surface area contributed by atoms with Crippen LogP contribution in [0.15, 0.2) is 0 Å². The summed E-state index contributed by atoms with van der Waals surface area (Å²) in [5.74, 6) is 0. The summed E-state index contributed by atoms with van der Waals surface area (Å²) in [6.07, 6.45) is 0. The maximum Gasteiger partial charge on any atom is 0.00411 e. The molecule has 0 heterocycles. The van der Waals surface area contributed by atoms with Gasteiger partial charge in [-0.1, -0.05) is 6.92 Å². The van der Waals surface area contributed by atoms with Crippen LogP contribution in [0.4, 0.5) is 0 Å². The van der Waals surface area contributed by atoms with Crippen LogP contribution in [0.5, 0.6) is 0 Å². The Balaban J connectivity index is -0.000000320. The molecule has 0 aromatic heterocycles. The Hall–Kier alpha value is -0.120. The van der Waals surface area contributed by atoms with E-state index in [1.165, 1.54) is 0 Å². The molecule has 0 aliphatic heterocycles. The van der Waals surface area contributed by atoms with Crippen LogP contribution in [0.1, 0.15) is 34.6 Å². The fourth-order valence-electron chi connectivity index (χ4n) is 1.33. The normalized spacial score (nSPS) is 9.82. The first-order valence-electron chi connectivity index (χ1n) is 3.85. The summed E-state index contributed by atoms with van der Waals surface area (Å²) in [4.78, 5) is 2.46. The second-order valence-corrected chi connectivity index (χ2v) is 3.02. The van der Waals surface area contributed by atoms with Crippen LogP contribution in [-0.2, 0) is 0 Å². The van der Waals surface area contributed by atoms with Crippen LogP contribution < -0.4 is 12.3 Å². The van der Waals surface area contributed by atoms with Crippen molar-refractivity contribution in [3.8, 4) is 0 Å². The minimum Gasteiger partial charge on any atom is -0.344 e. The first kappa shape index (κ1) is 17.1. The molecule has 6 N–H and O–H groups in total. The highest BCUT2D eigenvalue weighted by Gasteiger charge is 2.08. The molecule has 3 nitrogen and oxygen atoms in total. The van der Waals surface area contributed by atoms with Crippen molar-refractivity contribution in [2.75, 3.05) is 6.54 Å². The zero-order valence-electron chi connectivity index (χ0n) is 8.72. The molecule has 11 heavy (non-hydrogen) atoms. The fraction of sp³-hybridized carbons (Fsp3) is 1.00. The van der Waals surface area contributed by atoms with Gasteiger partial charge in [0.05, 0.1) is 0 Å². The highest BCUT2D eigenvalue weighted by molar-refractivity contribution is 4.64. The van der Waals surface area contributed by atoms with Crippen LogP contribution in [0.2, 0.25) is 0 Å². The van der Waals surface area contributed by atoms with E-state index in [1.54, 1.807) is 0 Å². The van der Waals surface area contributed by atoms with Gasteiger partial charge in [0, 0.05) is 12.1 Å². The quantitative estimate of drug-likeness (QED) is 0.671. The Bertz CT molecular complexity index is 63.7. The molecule has 0 fully saturated rings. The van der Waals surface area contributed by atoms with Crippen molar-refractivity contribution < 1.29 is 0 Å². The molecule has 0 spiro atoms. The Morgan fingerprint density at radius 1 is 0.909 bits per heavy atom. The Labute approximate surface area is 71.3 Å². The molecule has 0 aliphatic rings. The van der Waals surface area contributed by atoms with Crippen molar-refractivity contribution in [1.82, 2.24) is 17.2 Å². The average molecular weight is 163 g/mol. The molecule has 0 saturated carbocycles. The second-order valence-electron chi connectivity index (χ2n) is 3.02. The average Bonchev–Trinajstić information content (AvgIpc) is 1.64. The topological polar surface area (TPSA) is 73.2 Å². The van der Waals surface area contributed by atoms with E-state index in [4.69, 9.17) is 0 Å². The van der Waals surface area contributed by atoms with E-state index in [2.05, 4.69) is 39.5 Å². The first-order valence-corrected chi connectivity index (χ1v) is 3.85. The molecule has 0 unspecified atom stereocenters.